The Morgan fingerprint density at radius 1 is 0.261 bits per heavy atom. The number of rotatable bonds is 9. The molecule has 0 saturated carbocycles. The van der Waals surface area contributed by atoms with Gasteiger partial charge in [0.15, 0.2) is 0 Å². The van der Waals surface area contributed by atoms with Crippen LogP contribution in [0.25, 0.3) is 0 Å². The highest BCUT2D eigenvalue weighted by atomic mass is 16.3. The monoisotopic (exact) mass is 1470 g/mol. The highest BCUT2D eigenvalue weighted by Crippen LogP contribution is 2.45. The number of fused-ring (bicyclic) bond motifs is 16. The molecule has 0 amide bonds. The maximum Gasteiger partial charge on any atom is 0.150 e. The summed E-state index contributed by atoms with van der Waals surface area (Å²) in [6, 6.07) is 77.6. The van der Waals surface area contributed by atoms with Gasteiger partial charge in [-0.15, -0.1) is 0 Å². The van der Waals surface area contributed by atoms with E-state index in [9.17, 15) is 45.6 Å². The van der Waals surface area contributed by atoms with Gasteiger partial charge >= 0.3 is 0 Å². The highest BCUT2D eigenvalue weighted by Gasteiger charge is 2.25. The van der Waals surface area contributed by atoms with Gasteiger partial charge in [0.05, 0.1) is 28.8 Å². The summed E-state index contributed by atoms with van der Waals surface area (Å²) in [6.45, 7) is 1.43. The first-order chi connectivity index (χ1) is 53.7. The molecule has 0 atom stereocenters. The third-order valence-electron chi connectivity index (χ3n) is 18.8. The van der Waals surface area contributed by atoms with Crippen LogP contribution in [0.4, 0.5) is 45.5 Å². The van der Waals surface area contributed by atoms with Crippen LogP contribution in [0, 0.1) is 11.3 Å². The number of phenolic OH excluding ortho intramolecular Hbond substituents is 8. The first-order valence-electron chi connectivity index (χ1n) is 35.7. The molecule has 18 nitrogen and oxygen atoms in total. The van der Waals surface area contributed by atoms with Crippen LogP contribution in [0.15, 0.2) is 269 Å². The van der Waals surface area contributed by atoms with Crippen LogP contribution >= 0.6 is 0 Å². The molecule has 0 fully saturated rings. The van der Waals surface area contributed by atoms with Crippen molar-refractivity contribution in [3.05, 3.63) is 366 Å². The standard InChI is InChI=1S/C56H44N4O4.C28H28N4O4.C7H6O.C2H3N/c61-53-41-21-43-27-50(58-34-38-15-7-2-8-16-38)29-45(54(43)62)23-47-31-52(60-36-40-19-11-4-12-20-40)32-48(56(47)64)24-46-30-51(59-35-39-17-9-3-10-18-39)28-44(55(46)63)22-42(53)26-49(25-41)57-33-37-13-5-1-6-14-37;29-21-5-13-1-14-6-22(30)8-16(26(14)34)3-18-10-24(32)12-20(28(18)36)4-19-11-23(31)9-17(27(19)35)2-15(7-21)25(13)33;8-6-7-4-2-1-3-5-7;1-2-3/h1-20,25-36,61-64H,21-24H2;5-12,33-36H,1-4,29-32H2;1-6H;1H3. The normalized spacial score (nSPS) is 12.2. The molecule has 16 bridgehead atoms. The van der Waals surface area contributed by atoms with Gasteiger partial charge in [-0.3, -0.25) is 24.8 Å². The smallest absolute Gasteiger partial charge is 0.150 e. The zero-order valence-electron chi connectivity index (χ0n) is 60.7. The summed E-state index contributed by atoms with van der Waals surface area (Å²) in [7, 11) is 0. The fourth-order valence-electron chi connectivity index (χ4n) is 13.5. The maximum atomic E-state index is 12.1. The lowest BCUT2D eigenvalue weighted by Crippen LogP contribution is -2.04. The van der Waals surface area contributed by atoms with Crippen LogP contribution in [-0.2, 0) is 51.4 Å². The molecule has 2 aliphatic rings. The van der Waals surface area contributed by atoms with Crippen molar-refractivity contribution in [3.8, 4) is 52.1 Å². The Hall–Kier alpha value is -14.7. The number of nitrogens with zero attached hydrogens (tertiary/aromatic N) is 5. The molecule has 18 heteroatoms. The van der Waals surface area contributed by atoms with Crippen molar-refractivity contribution in [3.63, 3.8) is 0 Å². The Balaban J connectivity index is 0.000000203. The van der Waals surface area contributed by atoms with E-state index in [1.165, 1.54) is 6.92 Å². The van der Waals surface area contributed by atoms with Gasteiger partial charge in [0, 0.05) is 200 Å². The molecule has 13 aromatic carbocycles. The number of aromatic hydroxyl groups is 8. The summed E-state index contributed by atoms with van der Waals surface area (Å²) in [5, 5.41) is 100. The number of anilines is 4. The van der Waals surface area contributed by atoms with E-state index in [4.69, 9.17) is 48.2 Å². The van der Waals surface area contributed by atoms with Crippen molar-refractivity contribution in [1.29, 1.82) is 5.26 Å². The average Bonchev–Trinajstić information content (AvgIpc) is 0.785. The summed E-state index contributed by atoms with van der Waals surface area (Å²) in [4.78, 5) is 29.4. The third kappa shape index (κ3) is 19.3. The number of aliphatic imine (C=N–C) groups is 4. The molecule has 552 valence electrons. The second-order valence-electron chi connectivity index (χ2n) is 27.0. The zero-order chi connectivity index (χ0) is 78.1. The Morgan fingerprint density at radius 2 is 0.396 bits per heavy atom. The second kappa shape index (κ2) is 35.1. The lowest BCUT2D eigenvalue weighted by molar-refractivity contribution is 0.112. The minimum Gasteiger partial charge on any atom is -0.507 e. The third-order valence-corrected chi connectivity index (χ3v) is 18.8. The average molecular weight is 1470 g/mol. The Morgan fingerprint density at radius 3 is 0.532 bits per heavy atom. The van der Waals surface area contributed by atoms with E-state index < -0.39 is 0 Å². The number of hydrogen-bond acceptors (Lipinski definition) is 18. The molecule has 16 N–H and O–H groups in total. The molecule has 2 aliphatic carbocycles. The molecular weight excluding hydrogens is 1390 g/mol. The van der Waals surface area contributed by atoms with E-state index in [2.05, 4.69) is 0 Å². The van der Waals surface area contributed by atoms with Crippen molar-refractivity contribution >= 4 is 76.6 Å². The van der Waals surface area contributed by atoms with Crippen molar-refractivity contribution in [2.75, 3.05) is 22.9 Å². The van der Waals surface area contributed by atoms with Gasteiger partial charge < -0.3 is 63.8 Å². The van der Waals surface area contributed by atoms with E-state index in [1.54, 1.807) is 91.6 Å². The highest BCUT2D eigenvalue weighted by molar-refractivity contribution is 5.85. The van der Waals surface area contributed by atoms with Gasteiger partial charge in [-0.05, 0) is 119 Å². The van der Waals surface area contributed by atoms with Crippen molar-refractivity contribution in [2.45, 2.75) is 58.3 Å². The zero-order valence-corrected chi connectivity index (χ0v) is 60.7. The first kappa shape index (κ1) is 76.0. The van der Waals surface area contributed by atoms with Crippen molar-refractivity contribution in [1.82, 2.24) is 0 Å². The van der Waals surface area contributed by atoms with Crippen molar-refractivity contribution < 1.29 is 45.6 Å². The van der Waals surface area contributed by atoms with Gasteiger partial charge in [0.25, 0.3) is 0 Å². The Labute approximate surface area is 642 Å². The SMILES string of the molecule is CC#N.Nc1cc2c(O)c(c1)Cc1cc(N)cc(c1O)Cc1cc(N)cc(c1O)Cc1cc(N)cc(c1O)C2.O=Cc1ccccc1.Oc1c2cc(N=Cc3ccccc3)cc1Cc1cc(N=Cc3ccccc3)cc(c1O)Cc1cc(N=Cc3ccccc3)cc(c1O)Cc1cc(N=Cc3ccccc3)cc(c1O)C2. The topological polar surface area (TPSA) is 356 Å². The van der Waals surface area contributed by atoms with Crippen LogP contribution in [0.5, 0.6) is 46.0 Å². The molecule has 0 radical (unpaired) electrons. The molecular formula is C93H81N9O9. The largest absolute Gasteiger partial charge is 0.507 e. The van der Waals surface area contributed by atoms with Gasteiger partial charge in [-0.2, -0.15) is 5.26 Å². The molecule has 0 spiro atoms. The number of hydrogen-bond donors (Lipinski definition) is 12. The summed E-state index contributed by atoms with van der Waals surface area (Å²) in [6.07, 6.45) is 9.06. The molecule has 0 heterocycles. The van der Waals surface area contributed by atoms with Crippen LogP contribution in [0.2, 0.25) is 0 Å². The molecule has 15 rings (SSSR count). The van der Waals surface area contributed by atoms with E-state index in [1.807, 2.05) is 188 Å². The predicted octanol–water partition coefficient (Wildman–Crippen LogP) is 17.7. The number of carbonyl (C=O) groups excluding carboxylic acids is 1. The summed E-state index contributed by atoms with van der Waals surface area (Å²) >= 11 is 0. The number of phenols is 8. The van der Waals surface area contributed by atoms with Gasteiger partial charge in [0.1, 0.15) is 52.3 Å². The minimum absolute atomic E-state index is 0.0127. The summed E-state index contributed by atoms with van der Waals surface area (Å²) < 4.78 is 0. The van der Waals surface area contributed by atoms with Crippen LogP contribution in [0.1, 0.15) is 129 Å². The van der Waals surface area contributed by atoms with Crippen LogP contribution in [-0.4, -0.2) is 72.0 Å². The number of benzene rings is 13. The Kier molecular flexibility index (Phi) is 24.0. The summed E-state index contributed by atoms with van der Waals surface area (Å²) in [5.41, 5.74) is 41.3. The molecule has 0 unspecified atom stereocenters. The lowest BCUT2D eigenvalue weighted by Gasteiger charge is -2.19. The second-order valence-corrected chi connectivity index (χ2v) is 27.0. The van der Waals surface area contributed by atoms with Crippen LogP contribution < -0.4 is 22.9 Å². The lowest BCUT2D eigenvalue weighted by atomic mass is 9.90. The Bertz CT molecular complexity index is 4900. The van der Waals surface area contributed by atoms with E-state index in [-0.39, 0.29) is 97.4 Å². The number of carbonyl (C=O) groups is 1. The fourth-order valence-corrected chi connectivity index (χ4v) is 13.5. The van der Waals surface area contributed by atoms with Gasteiger partial charge in [0.2, 0.25) is 0 Å². The van der Waals surface area contributed by atoms with Gasteiger partial charge in [-0.25, -0.2) is 0 Å². The molecule has 111 heavy (non-hydrogen) atoms. The fraction of sp³-hybridized carbons (Fsp3) is 0.0968. The first-order valence-corrected chi connectivity index (χ1v) is 35.7. The number of aldehydes is 1. The molecule has 0 aliphatic heterocycles. The van der Waals surface area contributed by atoms with E-state index in [0.29, 0.717) is 135 Å². The van der Waals surface area contributed by atoms with Gasteiger partial charge in [-0.1, -0.05) is 152 Å². The van der Waals surface area contributed by atoms with E-state index in [0.717, 1.165) is 34.1 Å². The molecule has 0 aromatic heterocycles. The number of nitriles is 1. The summed E-state index contributed by atoms with van der Waals surface area (Å²) in [5.74, 6) is 0.135. The quantitative estimate of drug-likeness (QED) is 0.0277. The molecule has 0 saturated heterocycles. The predicted molar refractivity (Wildman–Crippen MR) is 443 cm³/mol. The van der Waals surface area contributed by atoms with Crippen molar-refractivity contribution in [2.24, 2.45) is 20.0 Å². The maximum absolute atomic E-state index is 12.1. The van der Waals surface area contributed by atoms with E-state index >= 15 is 0 Å². The number of nitrogen functional groups attached to an aromatic ring is 4. The molecule has 13 aromatic rings. The minimum atomic E-state index is 0.0127. The van der Waals surface area contributed by atoms with Crippen LogP contribution in [0.3, 0.4) is 0 Å². The number of nitrogens with two attached hydrogens (primary N) is 4.